The minimum absolute atomic E-state index is 0.149. The molecule has 0 spiro atoms. The van der Waals surface area contributed by atoms with Gasteiger partial charge >= 0.3 is 0 Å². The maximum atomic E-state index is 12.2. The van der Waals surface area contributed by atoms with Gasteiger partial charge in [-0.05, 0) is 30.7 Å². The van der Waals surface area contributed by atoms with Crippen LogP contribution in [0.5, 0.6) is 0 Å². The van der Waals surface area contributed by atoms with E-state index in [0.717, 1.165) is 10.2 Å². The summed E-state index contributed by atoms with van der Waals surface area (Å²) >= 11 is 1.50. The third-order valence-corrected chi connectivity index (χ3v) is 5.51. The number of hydrogen-bond acceptors (Lipinski definition) is 4. The lowest BCUT2D eigenvalue weighted by Gasteiger charge is -2.02. The quantitative estimate of drug-likeness (QED) is 0.593. The predicted octanol–water partition coefficient (Wildman–Crippen LogP) is 2.93. The Morgan fingerprint density at radius 1 is 1.19 bits per heavy atom. The molecular weight excluding hydrogens is 360 g/mol. The first kappa shape index (κ1) is 17.4. The summed E-state index contributed by atoms with van der Waals surface area (Å²) in [6.45, 7) is 0. The Morgan fingerprint density at radius 2 is 1.96 bits per heavy atom. The number of nitrogens with zero attached hydrogens (tertiary/aromatic N) is 3. The summed E-state index contributed by atoms with van der Waals surface area (Å²) < 4.78 is 3.03. The minimum Gasteiger partial charge on any atom is -0.319 e. The number of benzene rings is 2. The Kier molecular flexibility index (Phi) is 4.68. The number of aromatic amines is 1. The predicted molar refractivity (Wildman–Crippen MR) is 107 cm³/mol. The average Bonchev–Trinajstić information content (AvgIpc) is 2.98. The molecule has 4 rings (SSSR count). The fraction of sp³-hybridized carbons (Fsp3) is 0.200. The Labute approximate surface area is 158 Å². The van der Waals surface area contributed by atoms with Gasteiger partial charge in [0.05, 0.1) is 21.1 Å². The Morgan fingerprint density at radius 3 is 2.81 bits per heavy atom. The molecule has 27 heavy (non-hydrogen) atoms. The molecule has 1 amide bonds. The summed E-state index contributed by atoms with van der Waals surface area (Å²) in [5.41, 5.74) is 1.58. The largest absolute Gasteiger partial charge is 0.319 e. The molecule has 2 heterocycles. The van der Waals surface area contributed by atoms with Gasteiger partial charge in [-0.1, -0.05) is 35.6 Å². The van der Waals surface area contributed by atoms with E-state index >= 15 is 0 Å². The van der Waals surface area contributed by atoms with E-state index in [0.29, 0.717) is 40.8 Å². The van der Waals surface area contributed by atoms with Crippen molar-refractivity contribution in [2.24, 2.45) is 12.0 Å². The third kappa shape index (κ3) is 3.59. The number of para-hydroxylation sites is 2. The molecule has 0 saturated heterocycles. The fourth-order valence-electron chi connectivity index (χ4n) is 3.01. The lowest BCUT2D eigenvalue weighted by Crippen LogP contribution is -2.14. The van der Waals surface area contributed by atoms with Crippen LogP contribution in [0.2, 0.25) is 0 Å². The van der Waals surface area contributed by atoms with Crippen molar-refractivity contribution in [3.05, 3.63) is 69.5 Å². The molecule has 0 atom stereocenters. The van der Waals surface area contributed by atoms with Crippen LogP contribution in [0.3, 0.4) is 0 Å². The summed E-state index contributed by atoms with van der Waals surface area (Å²) in [6.07, 6.45) is 1.42. The van der Waals surface area contributed by atoms with Crippen LogP contribution < -0.4 is 10.4 Å². The molecule has 0 bridgehead atoms. The number of H-pyrrole nitrogens is 1. The van der Waals surface area contributed by atoms with Gasteiger partial charge in [0.15, 0.2) is 4.80 Å². The number of thiazole rings is 1. The second-order valence-electron chi connectivity index (χ2n) is 6.30. The van der Waals surface area contributed by atoms with E-state index in [1.54, 1.807) is 6.07 Å². The molecule has 0 radical (unpaired) electrons. The number of nitrogens with one attached hydrogen (secondary N) is 1. The zero-order valence-electron chi connectivity index (χ0n) is 14.8. The third-order valence-electron chi connectivity index (χ3n) is 4.40. The van der Waals surface area contributed by atoms with Gasteiger partial charge in [0.1, 0.15) is 5.82 Å². The maximum Gasteiger partial charge on any atom is 0.258 e. The molecule has 0 aliphatic heterocycles. The van der Waals surface area contributed by atoms with E-state index in [-0.39, 0.29) is 11.5 Å². The lowest BCUT2D eigenvalue weighted by atomic mass is 10.2. The van der Waals surface area contributed by atoms with Gasteiger partial charge in [-0.2, -0.15) is 4.99 Å². The molecular formula is C20H18N4O2S. The Hall–Kier alpha value is -3.06. The number of carbonyl (C=O) groups is 1. The van der Waals surface area contributed by atoms with E-state index in [4.69, 9.17) is 0 Å². The molecule has 4 aromatic rings. The van der Waals surface area contributed by atoms with E-state index in [9.17, 15) is 9.59 Å². The summed E-state index contributed by atoms with van der Waals surface area (Å²) in [7, 11) is 1.91. The van der Waals surface area contributed by atoms with E-state index in [2.05, 4.69) is 15.0 Å². The van der Waals surface area contributed by atoms with Gasteiger partial charge in [-0.25, -0.2) is 4.98 Å². The molecule has 0 aliphatic rings. The van der Waals surface area contributed by atoms with Crippen molar-refractivity contribution in [3.63, 3.8) is 0 Å². The summed E-state index contributed by atoms with van der Waals surface area (Å²) in [4.78, 5) is 36.5. The number of fused-ring (bicyclic) bond motifs is 2. The second-order valence-corrected chi connectivity index (χ2v) is 7.31. The summed E-state index contributed by atoms with van der Waals surface area (Å²) in [6, 6.07) is 15.2. The highest BCUT2D eigenvalue weighted by atomic mass is 32.1. The van der Waals surface area contributed by atoms with Gasteiger partial charge in [-0.3, -0.25) is 9.59 Å². The lowest BCUT2D eigenvalue weighted by molar-refractivity contribution is -0.118. The van der Waals surface area contributed by atoms with E-state index in [1.807, 2.05) is 54.1 Å². The zero-order chi connectivity index (χ0) is 18.8. The molecule has 0 aliphatic carbocycles. The maximum absolute atomic E-state index is 12.2. The molecule has 7 heteroatoms. The molecule has 0 unspecified atom stereocenters. The monoisotopic (exact) mass is 378 g/mol. The smallest absolute Gasteiger partial charge is 0.258 e. The standard InChI is InChI=1S/C20H18N4O2S/c1-24-15-9-4-5-10-16(15)27-20(24)23-18(25)12-6-11-17-21-14-8-3-2-7-13(14)19(26)22-17/h2-5,7-10H,6,11-12H2,1H3,(H,21,22,26). The highest BCUT2D eigenvalue weighted by molar-refractivity contribution is 7.16. The van der Waals surface area contributed by atoms with Crippen LogP contribution in [0.1, 0.15) is 18.7 Å². The van der Waals surface area contributed by atoms with E-state index < -0.39 is 0 Å². The van der Waals surface area contributed by atoms with Gasteiger partial charge in [0.2, 0.25) is 5.91 Å². The first-order valence-electron chi connectivity index (χ1n) is 8.72. The first-order valence-corrected chi connectivity index (χ1v) is 9.53. The molecule has 6 nitrogen and oxygen atoms in total. The van der Waals surface area contributed by atoms with Gasteiger partial charge in [-0.15, -0.1) is 0 Å². The molecule has 2 aromatic heterocycles. The van der Waals surface area contributed by atoms with Crippen LogP contribution in [0.4, 0.5) is 0 Å². The number of rotatable bonds is 4. The van der Waals surface area contributed by atoms with Gasteiger partial charge < -0.3 is 9.55 Å². The first-order chi connectivity index (χ1) is 13.1. The SMILES string of the molecule is Cn1c(=NC(=O)CCCc2nc3ccccc3c(=O)[nH]2)sc2ccccc21. The average molecular weight is 378 g/mol. The van der Waals surface area contributed by atoms with Crippen molar-refractivity contribution in [1.82, 2.24) is 14.5 Å². The van der Waals surface area contributed by atoms with Crippen molar-refractivity contribution in [2.45, 2.75) is 19.3 Å². The van der Waals surface area contributed by atoms with Crippen LogP contribution in [0.25, 0.3) is 21.1 Å². The van der Waals surface area contributed by atoms with Crippen molar-refractivity contribution in [2.75, 3.05) is 0 Å². The van der Waals surface area contributed by atoms with Gasteiger partial charge in [0.25, 0.3) is 5.56 Å². The molecule has 0 fully saturated rings. The van der Waals surface area contributed by atoms with E-state index in [1.165, 1.54) is 11.3 Å². The normalized spacial score (nSPS) is 12.1. The molecule has 136 valence electrons. The second kappa shape index (κ2) is 7.28. The number of hydrogen-bond donors (Lipinski definition) is 1. The van der Waals surface area contributed by atoms with Crippen LogP contribution in [0.15, 0.2) is 58.3 Å². The van der Waals surface area contributed by atoms with Crippen LogP contribution in [0, 0.1) is 0 Å². The van der Waals surface area contributed by atoms with Crippen molar-refractivity contribution in [3.8, 4) is 0 Å². The van der Waals surface area contributed by atoms with Crippen molar-refractivity contribution in [1.29, 1.82) is 0 Å². The fourth-order valence-corrected chi connectivity index (χ4v) is 4.05. The molecule has 1 N–H and O–H groups in total. The minimum atomic E-state index is -0.166. The van der Waals surface area contributed by atoms with Crippen LogP contribution in [-0.4, -0.2) is 20.4 Å². The topological polar surface area (TPSA) is 80.1 Å². The highest BCUT2D eigenvalue weighted by Crippen LogP contribution is 2.15. The molecule has 0 saturated carbocycles. The Bertz CT molecular complexity index is 1270. The number of carbonyl (C=O) groups excluding carboxylic acids is 1. The number of aromatic nitrogens is 3. The van der Waals surface area contributed by atoms with Crippen LogP contribution >= 0.6 is 11.3 Å². The van der Waals surface area contributed by atoms with Crippen LogP contribution in [-0.2, 0) is 18.3 Å². The summed E-state index contributed by atoms with van der Waals surface area (Å²) in [5, 5.41) is 0.574. The Balaban J connectivity index is 1.46. The summed E-state index contributed by atoms with van der Waals surface area (Å²) in [5.74, 6) is 0.430. The van der Waals surface area contributed by atoms with Gasteiger partial charge in [0, 0.05) is 19.9 Å². The number of aryl methyl sites for hydroxylation is 2. The molecule has 2 aromatic carbocycles. The number of amides is 1. The van der Waals surface area contributed by atoms with Crippen molar-refractivity contribution >= 4 is 38.4 Å². The zero-order valence-corrected chi connectivity index (χ0v) is 15.6. The van der Waals surface area contributed by atoms with Crippen molar-refractivity contribution < 1.29 is 4.79 Å². The highest BCUT2D eigenvalue weighted by Gasteiger charge is 2.07.